The van der Waals surface area contributed by atoms with E-state index in [0.29, 0.717) is 6.61 Å². The summed E-state index contributed by atoms with van der Waals surface area (Å²) in [6.45, 7) is 2.56. The van der Waals surface area contributed by atoms with Crippen molar-refractivity contribution in [3.8, 4) is 0 Å². The Bertz CT molecular complexity index is 494. The Labute approximate surface area is 107 Å². The lowest BCUT2D eigenvalue weighted by Gasteiger charge is -2.04. The fraction of sp³-hybridized carbons (Fsp3) is 0.200. The van der Waals surface area contributed by atoms with Gasteiger partial charge in [0.2, 0.25) is 0 Å². The molecule has 2 rings (SSSR count). The topological polar surface area (TPSA) is 34.5 Å². The van der Waals surface area contributed by atoms with Gasteiger partial charge in [0.15, 0.2) is 0 Å². The lowest BCUT2D eigenvalue weighted by molar-refractivity contribution is 0.130. The molecule has 0 aliphatic carbocycles. The minimum absolute atomic E-state index is 0.495. The molecule has 0 atom stereocenters. The van der Waals surface area contributed by atoms with Crippen LogP contribution >= 0.6 is 0 Å². The summed E-state index contributed by atoms with van der Waals surface area (Å²) in [5.41, 5.74) is 3.11. The van der Waals surface area contributed by atoms with Gasteiger partial charge >= 0.3 is 0 Å². The maximum Gasteiger partial charge on any atom is 0.142 e. The van der Waals surface area contributed by atoms with Crippen molar-refractivity contribution in [1.82, 2.24) is 4.98 Å². The maximum atomic E-state index is 5.39. The van der Waals surface area contributed by atoms with E-state index in [1.54, 1.807) is 12.4 Å². The molecule has 2 aromatic rings. The van der Waals surface area contributed by atoms with Gasteiger partial charge in [0.25, 0.3) is 0 Å². The van der Waals surface area contributed by atoms with E-state index < -0.39 is 0 Å². The van der Waals surface area contributed by atoms with Crippen LogP contribution in [0.5, 0.6) is 0 Å². The molecule has 3 heteroatoms. The molecule has 0 amide bonds. The maximum absolute atomic E-state index is 5.39. The summed E-state index contributed by atoms with van der Waals surface area (Å²) in [7, 11) is 0. The molecule has 18 heavy (non-hydrogen) atoms. The molecule has 0 saturated carbocycles. The fourth-order valence-corrected chi connectivity index (χ4v) is 1.62. The molecule has 0 aliphatic heterocycles. The summed E-state index contributed by atoms with van der Waals surface area (Å²) in [4.78, 5) is 9.39. The average molecular weight is 240 g/mol. The summed E-state index contributed by atoms with van der Waals surface area (Å²) in [6, 6.07) is 13.9. The zero-order chi connectivity index (χ0) is 12.6. The molecule has 1 aromatic carbocycles. The van der Waals surface area contributed by atoms with Crippen molar-refractivity contribution in [3.63, 3.8) is 0 Å². The Morgan fingerprint density at radius 2 is 1.83 bits per heavy atom. The zero-order valence-electron chi connectivity index (χ0n) is 10.4. The van der Waals surface area contributed by atoms with E-state index >= 15 is 0 Å². The number of hydrogen-bond donors (Lipinski definition) is 0. The molecular weight excluding hydrogens is 224 g/mol. The van der Waals surface area contributed by atoms with Crippen LogP contribution in [0.1, 0.15) is 24.5 Å². The Morgan fingerprint density at radius 1 is 1.11 bits per heavy atom. The largest absolute Gasteiger partial charge is 0.391 e. The number of aromatic nitrogens is 1. The SMILES string of the molecule is CCC(=NOCc1ccccc1)c1ccncc1. The highest BCUT2D eigenvalue weighted by molar-refractivity contribution is 5.99. The van der Waals surface area contributed by atoms with Gasteiger partial charge in [0.1, 0.15) is 6.61 Å². The monoisotopic (exact) mass is 240 g/mol. The first-order valence-electron chi connectivity index (χ1n) is 6.03. The number of benzene rings is 1. The number of pyridine rings is 1. The van der Waals surface area contributed by atoms with Gasteiger partial charge in [-0.25, -0.2) is 0 Å². The Kier molecular flexibility index (Phi) is 4.47. The summed E-state index contributed by atoms with van der Waals surface area (Å²) in [6.07, 6.45) is 4.36. The first-order valence-corrected chi connectivity index (χ1v) is 6.03. The van der Waals surface area contributed by atoms with Crippen molar-refractivity contribution in [2.75, 3.05) is 0 Å². The fourth-order valence-electron chi connectivity index (χ4n) is 1.62. The number of nitrogens with zero attached hydrogens (tertiary/aromatic N) is 2. The predicted octanol–water partition coefficient (Wildman–Crippen LogP) is 3.41. The van der Waals surface area contributed by atoms with Crippen molar-refractivity contribution in [2.45, 2.75) is 20.0 Å². The average Bonchev–Trinajstić information content (AvgIpc) is 2.46. The second kappa shape index (κ2) is 6.55. The number of hydrogen-bond acceptors (Lipinski definition) is 3. The molecule has 0 aliphatic rings. The van der Waals surface area contributed by atoms with Gasteiger partial charge in [0.05, 0.1) is 5.71 Å². The van der Waals surface area contributed by atoms with Crippen LogP contribution in [0, 0.1) is 0 Å². The van der Waals surface area contributed by atoms with Crippen LogP contribution in [0.4, 0.5) is 0 Å². The molecule has 1 heterocycles. The third kappa shape index (κ3) is 3.42. The Balaban J connectivity index is 1.99. The minimum atomic E-state index is 0.495. The third-order valence-corrected chi connectivity index (χ3v) is 2.60. The van der Waals surface area contributed by atoms with Gasteiger partial charge in [-0.2, -0.15) is 0 Å². The molecule has 0 radical (unpaired) electrons. The first-order chi connectivity index (χ1) is 8.90. The van der Waals surface area contributed by atoms with Gasteiger partial charge in [-0.3, -0.25) is 4.98 Å². The van der Waals surface area contributed by atoms with Gasteiger partial charge in [-0.1, -0.05) is 42.4 Å². The molecule has 0 bridgehead atoms. The lowest BCUT2D eigenvalue weighted by atomic mass is 10.1. The normalized spacial score (nSPS) is 11.3. The summed E-state index contributed by atoms with van der Waals surface area (Å²) in [5, 5.41) is 4.20. The van der Waals surface area contributed by atoms with Gasteiger partial charge < -0.3 is 4.84 Å². The van der Waals surface area contributed by atoms with Gasteiger partial charge in [-0.05, 0) is 24.1 Å². The smallest absolute Gasteiger partial charge is 0.142 e. The highest BCUT2D eigenvalue weighted by Crippen LogP contribution is 2.06. The van der Waals surface area contributed by atoms with Crippen LogP contribution in [-0.4, -0.2) is 10.7 Å². The van der Waals surface area contributed by atoms with Gasteiger partial charge in [0, 0.05) is 18.0 Å². The summed E-state index contributed by atoms with van der Waals surface area (Å²) >= 11 is 0. The van der Waals surface area contributed by atoms with Crippen molar-refractivity contribution >= 4 is 5.71 Å². The highest BCUT2D eigenvalue weighted by Gasteiger charge is 2.01. The first kappa shape index (κ1) is 12.3. The summed E-state index contributed by atoms with van der Waals surface area (Å²) < 4.78 is 0. The van der Waals surface area contributed by atoms with E-state index in [2.05, 4.69) is 17.1 Å². The number of rotatable bonds is 5. The molecule has 0 spiro atoms. The van der Waals surface area contributed by atoms with Gasteiger partial charge in [-0.15, -0.1) is 0 Å². The van der Waals surface area contributed by atoms with Crippen LogP contribution in [0.3, 0.4) is 0 Å². The second-order valence-corrected chi connectivity index (χ2v) is 3.89. The predicted molar refractivity (Wildman–Crippen MR) is 72.3 cm³/mol. The van der Waals surface area contributed by atoms with E-state index in [-0.39, 0.29) is 0 Å². The van der Waals surface area contributed by atoms with Crippen molar-refractivity contribution in [3.05, 3.63) is 66.0 Å². The molecule has 92 valence electrons. The molecule has 1 aromatic heterocycles. The molecule has 0 saturated heterocycles. The lowest BCUT2D eigenvalue weighted by Crippen LogP contribution is -2.00. The quantitative estimate of drug-likeness (QED) is 0.593. The number of oxime groups is 1. The van der Waals surface area contributed by atoms with Crippen LogP contribution in [0.15, 0.2) is 60.0 Å². The molecule has 3 nitrogen and oxygen atoms in total. The Hall–Kier alpha value is -2.16. The molecule has 0 unspecified atom stereocenters. The van der Waals surface area contributed by atoms with Crippen molar-refractivity contribution in [1.29, 1.82) is 0 Å². The Morgan fingerprint density at radius 3 is 2.50 bits per heavy atom. The van der Waals surface area contributed by atoms with Crippen molar-refractivity contribution < 1.29 is 4.84 Å². The van der Waals surface area contributed by atoms with Crippen LogP contribution in [-0.2, 0) is 11.4 Å². The standard InChI is InChI=1S/C15H16N2O/c1-2-15(14-8-10-16-11-9-14)17-18-12-13-6-4-3-5-7-13/h3-11H,2,12H2,1H3. The zero-order valence-corrected chi connectivity index (χ0v) is 10.4. The van der Waals surface area contributed by atoms with Crippen LogP contribution in [0.2, 0.25) is 0 Å². The van der Waals surface area contributed by atoms with Crippen LogP contribution < -0.4 is 0 Å². The molecule has 0 fully saturated rings. The van der Waals surface area contributed by atoms with E-state index in [1.807, 2.05) is 42.5 Å². The molecular formula is C15H16N2O. The highest BCUT2D eigenvalue weighted by atomic mass is 16.6. The second-order valence-electron chi connectivity index (χ2n) is 3.89. The van der Waals surface area contributed by atoms with E-state index in [9.17, 15) is 0 Å². The minimum Gasteiger partial charge on any atom is -0.391 e. The van der Waals surface area contributed by atoms with Crippen molar-refractivity contribution in [2.24, 2.45) is 5.16 Å². The van der Waals surface area contributed by atoms with E-state index in [1.165, 1.54) is 0 Å². The summed E-state index contributed by atoms with van der Waals surface area (Å²) in [5.74, 6) is 0. The van der Waals surface area contributed by atoms with E-state index in [4.69, 9.17) is 4.84 Å². The third-order valence-electron chi connectivity index (χ3n) is 2.60. The molecule has 0 N–H and O–H groups in total. The van der Waals surface area contributed by atoms with E-state index in [0.717, 1.165) is 23.3 Å². The van der Waals surface area contributed by atoms with Crippen LogP contribution in [0.25, 0.3) is 0 Å².